The summed E-state index contributed by atoms with van der Waals surface area (Å²) in [5.41, 5.74) is 3.75. The number of carbonyl (C=O) groups excluding carboxylic acids is 3. The van der Waals surface area contributed by atoms with E-state index in [0.29, 0.717) is 33.8 Å². The molecule has 0 aliphatic carbocycles. The Morgan fingerprint density at radius 1 is 0.857 bits per heavy atom. The van der Waals surface area contributed by atoms with Crippen LogP contribution >= 0.6 is 0 Å². The Morgan fingerprint density at radius 2 is 1.60 bits per heavy atom. The maximum absolute atomic E-state index is 13.0. The molecule has 4 N–H and O–H groups in total. The number of anilines is 2. The molecule has 10 heteroatoms. The lowest BCUT2D eigenvalue weighted by Crippen LogP contribution is -2.22. The Kier molecular flexibility index (Phi) is 5.30. The van der Waals surface area contributed by atoms with Crippen molar-refractivity contribution in [2.24, 2.45) is 0 Å². The number of imide groups is 1. The fraction of sp³-hybridized carbons (Fsp3) is 0. The second kappa shape index (κ2) is 8.60. The molecular weight excluding hydrogens is 450 g/mol. The van der Waals surface area contributed by atoms with E-state index < -0.39 is 16.9 Å². The highest BCUT2D eigenvalue weighted by atomic mass is 16.6. The third-order valence-corrected chi connectivity index (χ3v) is 5.48. The number of nitro groups is 1. The number of fused-ring (bicyclic) bond motifs is 1. The average Bonchev–Trinajstić information content (AvgIpc) is 3.35. The Hall–Kier alpha value is -5.25. The van der Waals surface area contributed by atoms with Crippen molar-refractivity contribution < 1.29 is 19.3 Å². The number of rotatable bonds is 5. The van der Waals surface area contributed by atoms with Gasteiger partial charge in [-0.3, -0.25) is 25.0 Å². The number of urea groups is 1. The smallest absolute Gasteiger partial charge is 0.326 e. The maximum Gasteiger partial charge on any atom is 0.326 e. The van der Waals surface area contributed by atoms with Gasteiger partial charge in [-0.2, -0.15) is 0 Å². The van der Waals surface area contributed by atoms with Crippen molar-refractivity contribution >= 4 is 52.3 Å². The van der Waals surface area contributed by atoms with Crippen molar-refractivity contribution in [3.63, 3.8) is 0 Å². The highest BCUT2D eigenvalue weighted by molar-refractivity contribution is 6.37. The number of nitrogens with zero attached hydrogens (tertiary/aromatic N) is 1. The number of amides is 4. The number of hydrogen-bond acceptors (Lipinski definition) is 6. The van der Waals surface area contributed by atoms with Gasteiger partial charge in [-0.1, -0.05) is 42.5 Å². The molecule has 3 aromatic carbocycles. The van der Waals surface area contributed by atoms with Gasteiger partial charge in [0, 0.05) is 29.1 Å². The van der Waals surface area contributed by atoms with E-state index in [4.69, 9.17) is 0 Å². The first-order valence-electron chi connectivity index (χ1n) is 10.5. The van der Waals surface area contributed by atoms with Gasteiger partial charge in [0.25, 0.3) is 17.5 Å². The third kappa shape index (κ3) is 4.23. The van der Waals surface area contributed by atoms with Gasteiger partial charge in [0.15, 0.2) is 0 Å². The molecule has 10 nitrogen and oxygen atoms in total. The first-order chi connectivity index (χ1) is 16.9. The van der Waals surface area contributed by atoms with Crippen molar-refractivity contribution in [3.05, 3.63) is 105 Å². The molecule has 0 radical (unpaired) electrons. The fourth-order valence-electron chi connectivity index (χ4n) is 3.86. The molecule has 1 fully saturated rings. The lowest BCUT2D eigenvalue weighted by atomic mass is 9.99. The number of non-ortho nitro benzene ring substituents is 1. The van der Waals surface area contributed by atoms with E-state index in [1.54, 1.807) is 30.3 Å². The molecule has 5 rings (SSSR count). The van der Waals surface area contributed by atoms with Gasteiger partial charge in [-0.25, -0.2) is 4.79 Å². The summed E-state index contributed by atoms with van der Waals surface area (Å²) in [4.78, 5) is 46.8. The van der Waals surface area contributed by atoms with Crippen LogP contribution in [0.5, 0.6) is 0 Å². The molecule has 35 heavy (non-hydrogen) atoms. The quantitative estimate of drug-likeness (QED) is 0.195. The van der Waals surface area contributed by atoms with Crippen molar-refractivity contribution in [2.45, 2.75) is 0 Å². The van der Waals surface area contributed by atoms with Crippen LogP contribution < -0.4 is 21.3 Å². The molecule has 0 atom stereocenters. The molecule has 0 bridgehead atoms. The summed E-state index contributed by atoms with van der Waals surface area (Å²) in [6, 6.07) is 19.8. The van der Waals surface area contributed by atoms with E-state index in [9.17, 15) is 24.5 Å². The summed E-state index contributed by atoms with van der Waals surface area (Å²) in [5.74, 6) is -0.885. The monoisotopic (exact) mass is 467 g/mol. The zero-order valence-corrected chi connectivity index (χ0v) is 18.0. The van der Waals surface area contributed by atoms with Gasteiger partial charge >= 0.3 is 6.03 Å². The molecule has 172 valence electrons. The molecule has 3 aromatic rings. The Balaban J connectivity index is 1.55. The zero-order chi connectivity index (χ0) is 24.5. The third-order valence-electron chi connectivity index (χ3n) is 5.48. The fourth-order valence-corrected chi connectivity index (χ4v) is 3.86. The second-order valence-electron chi connectivity index (χ2n) is 7.77. The lowest BCUT2D eigenvalue weighted by molar-refractivity contribution is -0.384. The predicted octanol–water partition coefficient (Wildman–Crippen LogP) is 3.71. The average molecular weight is 467 g/mol. The second-order valence-corrected chi connectivity index (χ2v) is 7.77. The summed E-state index contributed by atoms with van der Waals surface area (Å²) >= 11 is 0. The number of nitro benzene ring substituents is 1. The molecule has 4 amide bonds. The lowest BCUT2D eigenvalue weighted by Gasteiger charge is -2.15. The Bertz CT molecular complexity index is 1460. The Morgan fingerprint density at radius 3 is 2.26 bits per heavy atom. The van der Waals surface area contributed by atoms with E-state index >= 15 is 0 Å². The number of nitrogens with one attached hydrogen (secondary N) is 4. The Labute approximate surface area is 198 Å². The molecule has 1 saturated heterocycles. The summed E-state index contributed by atoms with van der Waals surface area (Å²) in [6.45, 7) is 0. The first-order valence-corrected chi connectivity index (χ1v) is 10.5. The molecular formula is C25H17N5O5. The summed E-state index contributed by atoms with van der Waals surface area (Å²) in [6.07, 6.45) is 1.54. The minimum atomic E-state index is -0.575. The van der Waals surface area contributed by atoms with Crippen LogP contribution in [0, 0.1) is 10.1 Å². The minimum Gasteiger partial charge on any atom is -0.354 e. The molecule has 0 unspecified atom stereocenters. The minimum absolute atomic E-state index is 0.120. The SMILES string of the molecule is O=C1NC(=O)C(=Cc2ccc(NC(=C3C(=O)Nc4ccc([N+](=O)[O-])cc43)c3ccccc3)cc2)N1. The summed E-state index contributed by atoms with van der Waals surface area (Å²) in [7, 11) is 0. The highest BCUT2D eigenvalue weighted by Gasteiger charge is 2.30. The van der Waals surface area contributed by atoms with Gasteiger partial charge in [-0.15, -0.1) is 0 Å². The van der Waals surface area contributed by atoms with E-state index in [2.05, 4.69) is 21.3 Å². The van der Waals surface area contributed by atoms with E-state index in [-0.39, 0.29) is 22.9 Å². The predicted molar refractivity (Wildman–Crippen MR) is 130 cm³/mol. The molecule has 2 aliphatic rings. The molecule has 0 spiro atoms. The number of benzene rings is 3. The normalized spacial score (nSPS) is 16.9. The standard InChI is InChI=1S/C25H17N5O5/c31-23-20(28-25(33)29-23)12-14-6-8-16(9-7-14)26-22(15-4-2-1-3-5-15)21-18-13-17(30(34)35)10-11-19(18)27-24(21)32/h1-13,26H,(H,27,32)(H2,28,29,31,33). The van der Waals surface area contributed by atoms with Crippen molar-refractivity contribution in [1.82, 2.24) is 10.6 Å². The molecule has 0 saturated carbocycles. The number of carbonyl (C=O) groups is 3. The van der Waals surface area contributed by atoms with Crippen LogP contribution in [0.25, 0.3) is 17.3 Å². The molecule has 0 aromatic heterocycles. The van der Waals surface area contributed by atoms with Crippen LogP contribution in [0.3, 0.4) is 0 Å². The van der Waals surface area contributed by atoms with Crippen molar-refractivity contribution in [3.8, 4) is 0 Å². The summed E-state index contributed by atoms with van der Waals surface area (Å²) < 4.78 is 0. The van der Waals surface area contributed by atoms with Crippen LogP contribution in [-0.4, -0.2) is 22.8 Å². The van der Waals surface area contributed by atoms with Crippen LogP contribution in [0.2, 0.25) is 0 Å². The van der Waals surface area contributed by atoms with Crippen LogP contribution in [0.1, 0.15) is 16.7 Å². The molecule has 2 heterocycles. The zero-order valence-electron chi connectivity index (χ0n) is 18.0. The van der Waals surface area contributed by atoms with Crippen LogP contribution in [0.4, 0.5) is 21.9 Å². The van der Waals surface area contributed by atoms with Gasteiger partial charge in [0.2, 0.25) is 0 Å². The van der Waals surface area contributed by atoms with Crippen LogP contribution in [-0.2, 0) is 9.59 Å². The van der Waals surface area contributed by atoms with Crippen molar-refractivity contribution in [2.75, 3.05) is 10.6 Å². The van der Waals surface area contributed by atoms with Gasteiger partial charge in [-0.05, 0) is 35.4 Å². The first kappa shape index (κ1) is 21.6. The van der Waals surface area contributed by atoms with E-state index in [1.165, 1.54) is 18.2 Å². The van der Waals surface area contributed by atoms with Gasteiger partial charge in [0.05, 0.1) is 16.2 Å². The van der Waals surface area contributed by atoms with Crippen LogP contribution in [0.15, 0.2) is 78.5 Å². The van der Waals surface area contributed by atoms with Crippen molar-refractivity contribution in [1.29, 1.82) is 0 Å². The van der Waals surface area contributed by atoms with E-state index in [1.807, 2.05) is 30.3 Å². The van der Waals surface area contributed by atoms with Gasteiger partial charge < -0.3 is 16.0 Å². The topological polar surface area (TPSA) is 142 Å². The van der Waals surface area contributed by atoms with E-state index in [0.717, 1.165) is 0 Å². The largest absolute Gasteiger partial charge is 0.354 e. The summed E-state index contributed by atoms with van der Waals surface area (Å²) in [5, 5.41) is 21.9. The van der Waals surface area contributed by atoms with Gasteiger partial charge in [0.1, 0.15) is 5.70 Å². The number of hydrogen-bond donors (Lipinski definition) is 4. The highest BCUT2D eigenvalue weighted by Crippen LogP contribution is 2.39. The maximum atomic E-state index is 13.0. The molecule has 2 aliphatic heterocycles.